The molecule has 36 heavy (non-hydrogen) atoms. The summed E-state index contributed by atoms with van der Waals surface area (Å²) in [4.78, 5) is 27.8. The van der Waals surface area contributed by atoms with Crippen LogP contribution in [-0.4, -0.2) is 47.7 Å². The summed E-state index contributed by atoms with van der Waals surface area (Å²) in [5.41, 5.74) is 7.69. The SMILES string of the molecule is CCN(CCO)Cc1ccc(C(=O)Nc2ccc(Cl)cc2C(=O)N/N=C/c2ccc(C)c(C)c2)cc1. The van der Waals surface area contributed by atoms with Gasteiger partial charge in [0.1, 0.15) is 0 Å². The molecule has 0 atom stereocenters. The zero-order valence-corrected chi connectivity index (χ0v) is 21.5. The topological polar surface area (TPSA) is 94.0 Å². The van der Waals surface area contributed by atoms with Gasteiger partial charge in [0.15, 0.2) is 0 Å². The van der Waals surface area contributed by atoms with Crippen LogP contribution in [0.15, 0.2) is 65.8 Å². The third-order valence-electron chi connectivity index (χ3n) is 5.87. The van der Waals surface area contributed by atoms with Crippen molar-refractivity contribution in [2.45, 2.75) is 27.3 Å². The Morgan fingerprint density at radius 3 is 2.42 bits per heavy atom. The van der Waals surface area contributed by atoms with Gasteiger partial charge in [-0.3, -0.25) is 14.5 Å². The van der Waals surface area contributed by atoms with Crippen LogP contribution in [0.25, 0.3) is 0 Å². The van der Waals surface area contributed by atoms with E-state index in [4.69, 9.17) is 16.7 Å². The van der Waals surface area contributed by atoms with Crippen molar-refractivity contribution in [2.75, 3.05) is 25.0 Å². The molecule has 3 aromatic carbocycles. The number of aliphatic hydroxyl groups is 1. The quantitative estimate of drug-likeness (QED) is 0.272. The van der Waals surface area contributed by atoms with E-state index in [0.29, 0.717) is 29.4 Å². The molecule has 0 aliphatic rings. The molecule has 0 aromatic heterocycles. The highest BCUT2D eigenvalue weighted by molar-refractivity contribution is 6.31. The molecule has 7 nitrogen and oxygen atoms in total. The van der Waals surface area contributed by atoms with E-state index in [0.717, 1.165) is 23.2 Å². The van der Waals surface area contributed by atoms with Crippen LogP contribution in [0.5, 0.6) is 0 Å². The number of hydrazone groups is 1. The zero-order valence-electron chi connectivity index (χ0n) is 20.7. The summed E-state index contributed by atoms with van der Waals surface area (Å²) in [6.07, 6.45) is 1.56. The largest absolute Gasteiger partial charge is 0.395 e. The van der Waals surface area contributed by atoms with Gasteiger partial charge in [-0.1, -0.05) is 48.9 Å². The summed E-state index contributed by atoms with van der Waals surface area (Å²) in [6.45, 7) is 8.27. The molecule has 3 aromatic rings. The van der Waals surface area contributed by atoms with Crippen LogP contribution in [0.2, 0.25) is 5.02 Å². The summed E-state index contributed by atoms with van der Waals surface area (Å²) in [7, 11) is 0. The number of nitrogens with one attached hydrogen (secondary N) is 2. The lowest BCUT2D eigenvalue weighted by Gasteiger charge is -2.19. The second kappa shape index (κ2) is 13.0. The lowest BCUT2D eigenvalue weighted by molar-refractivity contribution is 0.0956. The molecular formula is C28H31ClN4O3. The Morgan fingerprint density at radius 2 is 1.75 bits per heavy atom. The van der Waals surface area contributed by atoms with E-state index in [-0.39, 0.29) is 18.1 Å². The van der Waals surface area contributed by atoms with Crippen molar-refractivity contribution in [3.05, 3.63) is 99.1 Å². The van der Waals surface area contributed by atoms with E-state index < -0.39 is 5.91 Å². The third kappa shape index (κ3) is 7.49. The maximum Gasteiger partial charge on any atom is 0.273 e. The van der Waals surface area contributed by atoms with E-state index >= 15 is 0 Å². The molecule has 0 spiro atoms. The average Bonchev–Trinajstić information content (AvgIpc) is 2.87. The minimum Gasteiger partial charge on any atom is -0.395 e. The number of nitrogens with zero attached hydrogens (tertiary/aromatic N) is 2. The van der Waals surface area contributed by atoms with Crippen molar-refractivity contribution in [3.8, 4) is 0 Å². The fourth-order valence-electron chi connectivity index (χ4n) is 3.59. The van der Waals surface area contributed by atoms with Crippen molar-refractivity contribution in [1.29, 1.82) is 0 Å². The number of anilines is 1. The number of carbonyl (C=O) groups is 2. The van der Waals surface area contributed by atoms with Crippen LogP contribution < -0.4 is 10.7 Å². The zero-order chi connectivity index (χ0) is 26.1. The molecule has 0 bridgehead atoms. The Kier molecular flexibility index (Phi) is 9.76. The number of hydrogen-bond donors (Lipinski definition) is 3. The third-order valence-corrected chi connectivity index (χ3v) is 6.11. The summed E-state index contributed by atoms with van der Waals surface area (Å²) in [6, 6.07) is 17.8. The second-order valence-electron chi connectivity index (χ2n) is 8.48. The maximum atomic E-state index is 12.9. The van der Waals surface area contributed by atoms with E-state index in [1.54, 1.807) is 30.5 Å². The van der Waals surface area contributed by atoms with Gasteiger partial charge < -0.3 is 10.4 Å². The van der Waals surface area contributed by atoms with Gasteiger partial charge in [-0.25, -0.2) is 5.43 Å². The van der Waals surface area contributed by atoms with Gasteiger partial charge in [-0.15, -0.1) is 0 Å². The number of halogens is 1. The van der Waals surface area contributed by atoms with Gasteiger partial charge in [-0.05, 0) is 73.0 Å². The molecule has 3 N–H and O–H groups in total. The Morgan fingerprint density at radius 1 is 1.00 bits per heavy atom. The van der Waals surface area contributed by atoms with Crippen LogP contribution in [0.4, 0.5) is 5.69 Å². The van der Waals surface area contributed by atoms with Crippen molar-refractivity contribution >= 4 is 35.3 Å². The molecule has 0 saturated heterocycles. The van der Waals surface area contributed by atoms with Gasteiger partial charge in [0, 0.05) is 23.7 Å². The number of hydrogen-bond acceptors (Lipinski definition) is 5. The Balaban J connectivity index is 1.69. The fourth-order valence-corrected chi connectivity index (χ4v) is 3.76. The first-order valence-corrected chi connectivity index (χ1v) is 12.1. The highest BCUT2D eigenvalue weighted by Gasteiger charge is 2.15. The smallest absolute Gasteiger partial charge is 0.273 e. The number of aryl methyl sites for hydroxylation is 2. The Bertz CT molecular complexity index is 1240. The van der Waals surface area contributed by atoms with Crippen molar-refractivity contribution in [2.24, 2.45) is 5.10 Å². The highest BCUT2D eigenvalue weighted by atomic mass is 35.5. The van der Waals surface area contributed by atoms with Crippen molar-refractivity contribution in [1.82, 2.24) is 10.3 Å². The lowest BCUT2D eigenvalue weighted by atomic mass is 10.1. The number of carbonyl (C=O) groups excluding carboxylic acids is 2. The standard InChI is InChI=1S/C28H31ClN4O3/c1-4-33(13-14-34)18-21-7-9-23(10-8-21)27(35)31-26-12-11-24(29)16-25(26)28(36)32-30-17-22-6-5-19(2)20(3)15-22/h5-12,15-17,34H,4,13-14,18H2,1-3H3,(H,31,35)(H,32,36)/b30-17+. The van der Waals surface area contributed by atoms with Gasteiger partial charge in [0.05, 0.1) is 24.1 Å². The normalized spacial score (nSPS) is 11.2. The molecule has 0 radical (unpaired) electrons. The minimum absolute atomic E-state index is 0.0995. The summed E-state index contributed by atoms with van der Waals surface area (Å²) >= 11 is 6.12. The minimum atomic E-state index is -0.494. The number of amides is 2. The number of benzene rings is 3. The van der Waals surface area contributed by atoms with E-state index in [9.17, 15) is 9.59 Å². The molecular weight excluding hydrogens is 476 g/mol. The van der Waals surface area contributed by atoms with Gasteiger partial charge in [0.2, 0.25) is 0 Å². The monoisotopic (exact) mass is 506 g/mol. The van der Waals surface area contributed by atoms with Crippen molar-refractivity contribution in [3.63, 3.8) is 0 Å². The molecule has 0 aliphatic heterocycles. The van der Waals surface area contributed by atoms with Crippen LogP contribution in [0.1, 0.15) is 49.9 Å². The van der Waals surface area contributed by atoms with E-state index in [1.807, 2.05) is 51.1 Å². The van der Waals surface area contributed by atoms with Crippen LogP contribution >= 0.6 is 11.6 Å². The predicted molar refractivity (Wildman–Crippen MR) is 145 cm³/mol. The molecule has 0 unspecified atom stereocenters. The van der Waals surface area contributed by atoms with Crippen LogP contribution in [0.3, 0.4) is 0 Å². The predicted octanol–water partition coefficient (Wildman–Crippen LogP) is 4.79. The molecule has 3 rings (SSSR count). The number of rotatable bonds is 10. The highest BCUT2D eigenvalue weighted by Crippen LogP contribution is 2.22. The summed E-state index contributed by atoms with van der Waals surface area (Å²) in [5, 5.41) is 16.4. The molecule has 188 valence electrons. The molecule has 8 heteroatoms. The van der Waals surface area contributed by atoms with Gasteiger partial charge in [-0.2, -0.15) is 5.10 Å². The van der Waals surface area contributed by atoms with Gasteiger partial charge in [0.25, 0.3) is 11.8 Å². The first kappa shape index (κ1) is 27.1. The molecule has 2 amide bonds. The number of aliphatic hydroxyl groups excluding tert-OH is 1. The lowest BCUT2D eigenvalue weighted by Crippen LogP contribution is -2.26. The van der Waals surface area contributed by atoms with Crippen LogP contribution in [0, 0.1) is 13.8 Å². The van der Waals surface area contributed by atoms with E-state index in [2.05, 4.69) is 20.7 Å². The molecule has 0 heterocycles. The molecule has 0 saturated carbocycles. The fraction of sp³-hybridized carbons (Fsp3) is 0.250. The molecule has 0 aliphatic carbocycles. The summed E-state index contributed by atoms with van der Waals surface area (Å²) < 4.78 is 0. The van der Waals surface area contributed by atoms with Crippen molar-refractivity contribution < 1.29 is 14.7 Å². The first-order valence-electron chi connectivity index (χ1n) is 11.7. The maximum absolute atomic E-state index is 12.9. The second-order valence-corrected chi connectivity index (χ2v) is 8.91. The Labute approximate surface area is 216 Å². The Hall–Kier alpha value is -3.52. The van der Waals surface area contributed by atoms with Gasteiger partial charge >= 0.3 is 0 Å². The first-order chi connectivity index (χ1) is 17.3. The number of likely N-dealkylation sites (N-methyl/N-ethyl adjacent to an activating group) is 1. The van der Waals surface area contributed by atoms with E-state index in [1.165, 1.54) is 11.6 Å². The van der Waals surface area contributed by atoms with Crippen LogP contribution in [-0.2, 0) is 6.54 Å². The summed E-state index contributed by atoms with van der Waals surface area (Å²) in [5.74, 6) is -0.842. The molecule has 0 fully saturated rings. The average molecular weight is 507 g/mol.